The van der Waals surface area contributed by atoms with Crippen LogP contribution in [0.4, 0.5) is 5.69 Å². The van der Waals surface area contributed by atoms with Gasteiger partial charge < -0.3 is 5.32 Å². The number of pyridine rings is 1. The van der Waals surface area contributed by atoms with Crippen LogP contribution in [0.5, 0.6) is 0 Å². The minimum atomic E-state index is -0.655. The Morgan fingerprint density at radius 2 is 2.35 bits per heavy atom. The van der Waals surface area contributed by atoms with Crippen molar-refractivity contribution in [3.8, 4) is 0 Å². The van der Waals surface area contributed by atoms with Gasteiger partial charge in [-0.2, -0.15) is 0 Å². The fourth-order valence-electron chi connectivity index (χ4n) is 1.60. The molecule has 2 aromatic rings. The van der Waals surface area contributed by atoms with E-state index in [1.54, 1.807) is 11.3 Å². The number of nitro groups is 1. The first kappa shape index (κ1) is 14.4. The summed E-state index contributed by atoms with van der Waals surface area (Å²) in [5, 5.41) is 15.5. The van der Waals surface area contributed by atoms with Gasteiger partial charge in [-0.25, -0.2) is 4.98 Å². The number of hydrogen-bond donors (Lipinski definition) is 1. The van der Waals surface area contributed by atoms with Crippen molar-refractivity contribution < 1.29 is 9.72 Å². The molecule has 0 aliphatic carbocycles. The molecule has 0 radical (unpaired) electrons. The maximum Gasteiger partial charge on any atom is 0.300 e. The van der Waals surface area contributed by atoms with Crippen molar-refractivity contribution in [1.29, 1.82) is 0 Å². The topological polar surface area (TPSA) is 85.1 Å². The van der Waals surface area contributed by atoms with E-state index in [4.69, 9.17) is 11.6 Å². The zero-order valence-corrected chi connectivity index (χ0v) is 11.8. The van der Waals surface area contributed by atoms with Gasteiger partial charge in [0.05, 0.1) is 4.92 Å². The van der Waals surface area contributed by atoms with Crippen molar-refractivity contribution in [2.24, 2.45) is 0 Å². The van der Waals surface area contributed by atoms with Gasteiger partial charge in [0.15, 0.2) is 0 Å². The lowest BCUT2D eigenvalue weighted by Crippen LogP contribution is -2.26. The van der Waals surface area contributed by atoms with E-state index in [-0.39, 0.29) is 16.4 Å². The van der Waals surface area contributed by atoms with E-state index in [1.807, 2.05) is 17.5 Å². The van der Waals surface area contributed by atoms with Gasteiger partial charge in [0.25, 0.3) is 11.6 Å². The zero-order valence-electron chi connectivity index (χ0n) is 10.2. The van der Waals surface area contributed by atoms with Crippen LogP contribution in [0.1, 0.15) is 15.2 Å². The summed E-state index contributed by atoms with van der Waals surface area (Å²) >= 11 is 7.26. The summed E-state index contributed by atoms with van der Waals surface area (Å²) in [6, 6.07) is 5.08. The number of carbonyl (C=O) groups excluding carboxylic acids is 1. The maximum atomic E-state index is 12.0. The lowest BCUT2D eigenvalue weighted by Gasteiger charge is -2.05. The van der Waals surface area contributed by atoms with Gasteiger partial charge in [0.2, 0.25) is 0 Å². The van der Waals surface area contributed by atoms with Gasteiger partial charge in [-0.3, -0.25) is 14.9 Å². The molecule has 1 N–H and O–H groups in total. The Balaban J connectivity index is 2.05. The van der Waals surface area contributed by atoms with Crippen LogP contribution >= 0.6 is 22.9 Å². The molecule has 2 heterocycles. The quantitative estimate of drug-likeness (QED) is 0.522. The standard InChI is InChI=1S/C12H10ClN3O3S/c13-11-6-9(10(7-15-11)16(18)19)12(17)14-4-3-8-2-1-5-20-8/h1-2,5-7H,3-4H2,(H,14,17). The third kappa shape index (κ3) is 3.52. The Hall–Kier alpha value is -1.99. The number of aromatic nitrogens is 1. The third-order valence-electron chi connectivity index (χ3n) is 2.53. The summed E-state index contributed by atoms with van der Waals surface area (Å²) in [7, 11) is 0. The first-order valence-electron chi connectivity index (χ1n) is 5.68. The summed E-state index contributed by atoms with van der Waals surface area (Å²) in [6.45, 7) is 0.399. The van der Waals surface area contributed by atoms with Crippen molar-refractivity contribution in [3.05, 3.63) is 55.5 Å². The third-order valence-corrected chi connectivity index (χ3v) is 3.67. The molecule has 0 unspecified atom stereocenters. The Kier molecular flexibility index (Phi) is 4.65. The fourth-order valence-corrected chi connectivity index (χ4v) is 2.47. The predicted octanol–water partition coefficient (Wildman–Crippen LogP) is 2.68. The summed E-state index contributed by atoms with van der Waals surface area (Å²) in [6.07, 6.45) is 1.66. The van der Waals surface area contributed by atoms with Crippen LogP contribution in [0.15, 0.2) is 29.8 Å². The molecular formula is C12H10ClN3O3S. The summed E-state index contributed by atoms with van der Waals surface area (Å²) in [5.41, 5.74) is -0.441. The molecule has 0 saturated heterocycles. The monoisotopic (exact) mass is 311 g/mol. The number of amides is 1. The Bertz CT molecular complexity index is 631. The second-order valence-corrected chi connectivity index (χ2v) is 5.29. The number of carbonyl (C=O) groups is 1. The van der Waals surface area contributed by atoms with Gasteiger partial charge in [0, 0.05) is 11.4 Å². The molecule has 6 nitrogen and oxygen atoms in total. The highest BCUT2D eigenvalue weighted by Crippen LogP contribution is 2.20. The Labute approximate surface area is 123 Å². The lowest BCUT2D eigenvalue weighted by atomic mass is 10.2. The van der Waals surface area contributed by atoms with E-state index in [1.165, 1.54) is 6.07 Å². The van der Waals surface area contributed by atoms with Crippen LogP contribution in [-0.2, 0) is 6.42 Å². The van der Waals surface area contributed by atoms with Gasteiger partial charge in [-0.05, 0) is 23.9 Å². The lowest BCUT2D eigenvalue weighted by molar-refractivity contribution is -0.385. The number of nitrogens with zero attached hydrogens (tertiary/aromatic N) is 2. The van der Waals surface area contributed by atoms with Gasteiger partial charge in [-0.1, -0.05) is 17.7 Å². The van der Waals surface area contributed by atoms with E-state index in [0.29, 0.717) is 13.0 Å². The van der Waals surface area contributed by atoms with Crippen LogP contribution in [-0.4, -0.2) is 22.4 Å². The molecule has 0 atom stereocenters. The number of rotatable bonds is 5. The van der Waals surface area contributed by atoms with Gasteiger partial charge >= 0.3 is 0 Å². The van der Waals surface area contributed by atoms with E-state index >= 15 is 0 Å². The second kappa shape index (κ2) is 6.44. The second-order valence-electron chi connectivity index (χ2n) is 3.87. The molecule has 0 aliphatic rings. The van der Waals surface area contributed by atoms with Gasteiger partial charge in [-0.15, -0.1) is 11.3 Å². The first-order chi connectivity index (χ1) is 9.58. The van der Waals surface area contributed by atoms with Crippen LogP contribution in [0.2, 0.25) is 5.15 Å². The van der Waals surface area contributed by atoms with Crippen LogP contribution in [0.25, 0.3) is 0 Å². The number of thiophene rings is 1. The molecule has 2 rings (SSSR count). The average Bonchev–Trinajstić information content (AvgIpc) is 2.91. The molecule has 0 aliphatic heterocycles. The maximum absolute atomic E-state index is 12.0. The molecule has 20 heavy (non-hydrogen) atoms. The van der Waals surface area contributed by atoms with Crippen molar-refractivity contribution in [1.82, 2.24) is 10.3 Å². The highest BCUT2D eigenvalue weighted by atomic mass is 35.5. The number of hydrogen-bond acceptors (Lipinski definition) is 5. The molecule has 0 saturated carbocycles. The minimum Gasteiger partial charge on any atom is -0.351 e. The normalized spacial score (nSPS) is 10.2. The minimum absolute atomic E-state index is 0.0407. The zero-order chi connectivity index (χ0) is 14.5. The SMILES string of the molecule is O=C(NCCc1cccs1)c1cc(Cl)ncc1[N+](=O)[O-]. The predicted molar refractivity (Wildman–Crippen MR) is 76.3 cm³/mol. The van der Waals surface area contributed by atoms with Crippen LogP contribution < -0.4 is 5.32 Å². The smallest absolute Gasteiger partial charge is 0.300 e. The molecule has 0 spiro atoms. The molecule has 0 aromatic carbocycles. The van der Waals surface area contributed by atoms with E-state index in [0.717, 1.165) is 11.1 Å². The molecule has 0 fully saturated rings. The van der Waals surface area contributed by atoms with Crippen LogP contribution in [0, 0.1) is 10.1 Å². The fraction of sp³-hybridized carbons (Fsp3) is 0.167. The van der Waals surface area contributed by atoms with E-state index in [9.17, 15) is 14.9 Å². The van der Waals surface area contributed by atoms with Crippen LogP contribution in [0.3, 0.4) is 0 Å². The van der Waals surface area contributed by atoms with Crippen molar-refractivity contribution in [3.63, 3.8) is 0 Å². The number of halogens is 1. The Morgan fingerprint density at radius 3 is 3.00 bits per heavy atom. The number of nitrogens with one attached hydrogen (secondary N) is 1. The van der Waals surface area contributed by atoms with Gasteiger partial charge in [0.1, 0.15) is 16.9 Å². The summed E-state index contributed by atoms with van der Waals surface area (Å²) in [5.74, 6) is -0.530. The first-order valence-corrected chi connectivity index (χ1v) is 6.94. The summed E-state index contributed by atoms with van der Waals surface area (Å²) < 4.78 is 0. The molecule has 8 heteroatoms. The molecule has 0 bridgehead atoms. The van der Waals surface area contributed by atoms with Crippen molar-refractivity contribution in [2.75, 3.05) is 6.54 Å². The molecule has 104 valence electrons. The molecule has 1 amide bonds. The molecular weight excluding hydrogens is 302 g/mol. The van der Waals surface area contributed by atoms with Crippen molar-refractivity contribution >= 4 is 34.5 Å². The highest BCUT2D eigenvalue weighted by molar-refractivity contribution is 7.09. The van der Waals surface area contributed by atoms with E-state index in [2.05, 4.69) is 10.3 Å². The highest BCUT2D eigenvalue weighted by Gasteiger charge is 2.21. The average molecular weight is 312 g/mol. The largest absolute Gasteiger partial charge is 0.351 e. The summed E-state index contributed by atoms with van der Waals surface area (Å²) in [4.78, 5) is 26.9. The van der Waals surface area contributed by atoms with E-state index < -0.39 is 10.8 Å². The van der Waals surface area contributed by atoms with Crippen molar-refractivity contribution in [2.45, 2.75) is 6.42 Å². The molecule has 2 aromatic heterocycles. The Morgan fingerprint density at radius 1 is 1.55 bits per heavy atom.